The van der Waals surface area contributed by atoms with Crippen LogP contribution >= 0.6 is 0 Å². The average molecular weight is 358 g/mol. The molecule has 0 saturated carbocycles. The summed E-state index contributed by atoms with van der Waals surface area (Å²) in [6.07, 6.45) is 0. The molecule has 1 N–H and O–H groups in total. The first-order valence-corrected chi connectivity index (χ1v) is 8.32. The summed E-state index contributed by atoms with van der Waals surface area (Å²) in [7, 11) is 3.19. The summed E-state index contributed by atoms with van der Waals surface area (Å²) in [5, 5.41) is 3.19. The van der Waals surface area contributed by atoms with E-state index in [1.807, 2.05) is 6.07 Å². The van der Waals surface area contributed by atoms with E-state index < -0.39 is 0 Å². The zero-order valence-corrected chi connectivity index (χ0v) is 15.1. The molecule has 0 radical (unpaired) electrons. The lowest BCUT2D eigenvalue weighted by Gasteiger charge is -2.26. The molecule has 138 valence electrons. The normalized spacial score (nSPS) is 14.0. The quantitative estimate of drug-likeness (QED) is 0.875. The van der Waals surface area contributed by atoms with Crippen molar-refractivity contribution >= 4 is 17.4 Å². The summed E-state index contributed by atoms with van der Waals surface area (Å²) >= 11 is 0. The van der Waals surface area contributed by atoms with Crippen LogP contribution in [-0.4, -0.2) is 61.3 Å². The Morgan fingerprint density at radius 1 is 1.15 bits per heavy atom. The third-order valence-corrected chi connectivity index (χ3v) is 4.02. The fraction of sp³-hybridized carbons (Fsp3) is 0.389. The lowest BCUT2D eigenvalue weighted by molar-refractivity contribution is 0.0299. The number of aromatic nitrogens is 2. The first kappa shape index (κ1) is 17.9. The highest BCUT2D eigenvalue weighted by Gasteiger charge is 2.21. The predicted octanol–water partition coefficient (Wildman–Crippen LogP) is 2.02. The number of carbonyl (C=O) groups excluding carboxylic acids is 1. The Morgan fingerprint density at radius 3 is 2.62 bits per heavy atom. The molecule has 2 heterocycles. The molecule has 0 spiro atoms. The van der Waals surface area contributed by atoms with E-state index >= 15 is 0 Å². The van der Waals surface area contributed by atoms with Crippen molar-refractivity contribution in [3.63, 3.8) is 0 Å². The summed E-state index contributed by atoms with van der Waals surface area (Å²) < 4.78 is 15.9. The lowest BCUT2D eigenvalue weighted by Crippen LogP contribution is -2.41. The van der Waals surface area contributed by atoms with Crippen LogP contribution in [0.2, 0.25) is 0 Å². The minimum atomic E-state index is -0.126. The van der Waals surface area contributed by atoms with Gasteiger partial charge in [0, 0.05) is 25.2 Å². The van der Waals surface area contributed by atoms with E-state index in [-0.39, 0.29) is 5.91 Å². The van der Waals surface area contributed by atoms with Crippen LogP contribution in [0.3, 0.4) is 0 Å². The van der Waals surface area contributed by atoms with Crippen LogP contribution in [0, 0.1) is 6.92 Å². The number of nitrogens with one attached hydrogen (secondary N) is 1. The number of anilines is 2. The van der Waals surface area contributed by atoms with E-state index in [0.717, 1.165) is 0 Å². The van der Waals surface area contributed by atoms with Crippen LogP contribution in [0.25, 0.3) is 0 Å². The van der Waals surface area contributed by atoms with Gasteiger partial charge in [0.05, 0.1) is 33.1 Å². The molecule has 1 aliphatic rings. The van der Waals surface area contributed by atoms with E-state index in [1.54, 1.807) is 44.2 Å². The second-order valence-electron chi connectivity index (χ2n) is 5.78. The maximum atomic E-state index is 12.7. The third-order valence-electron chi connectivity index (χ3n) is 4.02. The van der Waals surface area contributed by atoms with Crippen LogP contribution in [0.15, 0.2) is 24.3 Å². The van der Waals surface area contributed by atoms with Gasteiger partial charge in [0.25, 0.3) is 5.91 Å². The molecule has 0 atom stereocenters. The summed E-state index contributed by atoms with van der Waals surface area (Å²) in [4.78, 5) is 23.1. The number of ether oxygens (including phenoxy) is 3. The first-order chi connectivity index (χ1) is 12.6. The highest BCUT2D eigenvalue weighted by molar-refractivity contribution is 5.93. The van der Waals surface area contributed by atoms with Gasteiger partial charge in [0.1, 0.15) is 28.8 Å². The van der Waals surface area contributed by atoms with Gasteiger partial charge in [0.2, 0.25) is 0 Å². The highest BCUT2D eigenvalue weighted by Crippen LogP contribution is 2.31. The van der Waals surface area contributed by atoms with Crippen molar-refractivity contribution in [2.75, 3.05) is 45.8 Å². The fourth-order valence-corrected chi connectivity index (χ4v) is 2.72. The fourth-order valence-electron chi connectivity index (χ4n) is 2.72. The molecule has 26 heavy (non-hydrogen) atoms. The summed E-state index contributed by atoms with van der Waals surface area (Å²) in [6, 6.07) is 7.06. The molecule has 1 aromatic heterocycles. The topological polar surface area (TPSA) is 85.8 Å². The molecule has 2 aromatic rings. The van der Waals surface area contributed by atoms with Crippen LogP contribution in [0.1, 0.15) is 16.3 Å². The van der Waals surface area contributed by atoms with E-state index in [4.69, 9.17) is 14.2 Å². The third kappa shape index (κ3) is 4.02. The number of methoxy groups -OCH3 is 2. The minimum absolute atomic E-state index is 0.126. The van der Waals surface area contributed by atoms with Gasteiger partial charge in [-0.05, 0) is 19.1 Å². The number of hydrogen-bond acceptors (Lipinski definition) is 7. The Labute approximate surface area is 152 Å². The number of hydrogen-bond donors (Lipinski definition) is 1. The number of morpholine rings is 1. The van der Waals surface area contributed by atoms with Gasteiger partial charge in [-0.15, -0.1) is 0 Å². The Hall–Kier alpha value is -2.87. The van der Waals surface area contributed by atoms with E-state index in [2.05, 4.69) is 15.3 Å². The predicted molar refractivity (Wildman–Crippen MR) is 96.3 cm³/mol. The van der Waals surface area contributed by atoms with E-state index in [0.29, 0.717) is 60.8 Å². The zero-order chi connectivity index (χ0) is 18.5. The molecular formula is C18H22N4O4. The number of nitrogens with zero attached hydrogens (tertiary/aromatic N) is 3. The van der Waals surface area contributed by atoms with Gasteiger partial charge in [-0.25, -0.2) is 9.97 Å². The second kappa shape index (κ2) is 8.01. The molecule has 1 aromatic carbocycles. The number of carbonyl (C=O) groups is 1. The highest BCUT2D eigenvalue weighted by atomic mass is 16.5. The van der Waals surface area contributed by atoms with Gasteiger partial charge < -0.3 is 24.4 Å². The number of amides is 1. The molecule has 0 aliphatic carbocycles. The van der Waals surface area contributed by atoms with Crippen molar-refractivity contribution in [1.29, 1.82) is 0 Å². The summed E-state index contributed by atoms with van der Waals surface area (Å²) in [5.41, 5.74) is 1.04. The standard InChI is InChI=1S/C18H22N4O4/c1-12-19-15(18(23)22-6-8-26-9-7-22)11-17(20-12)21-14-10-13(24-2)4-5-16(14)25-3/h4-5,10-11H,6-9H2,1-3H3,(H,19,20,21). The van der Waals surface area contributed by atoms with Gasteiger partial charge in [-0.3, -0.25) is 4.79 Å². The van der Waals surface area contributed by atoms with Gasteiger partial charge in [-0.1, -0.05) is 0 Å². The van der Waals surface area contributed by atoms with Crippen molar-refractivity contribution < 1.29 is 19.0 Å². The Bertz CT molecular complexity index is 791. The van der Waals surface area contributed by atoms with E-state index in [9.17, 15) is 4.79 Å². The summed E-state index contributed by atoms with van der Waals surface area (Å²) in [6.45, 7) is 3.97. The van der Waals surface area contributed by atoms with Crippen LogP contribution in [0.5, 0.6) is 11.5 Å². The van der Waals surface area contributed by atoms with Crippen molar-refractivity contribution in [2.24, 2.45) is 0 Å². The van der Waals surface area contributed by atoms with Gasteiger partial charge in [-0.2, -0.15) is 0 Å². The molecule has 8 heteroatoms. The molecule has 1 fully saturated rings. The Kier molecular flexibility index (Phi) is 5.52. The molecule has 3 rings (SSSR count). The molecule has 1 saturated heterocycles. The van der Waals surface area contributed by atoms with Gasteiger partial charge >= 0.3 is 0 Å². The molecular weight excluding hydrogens is 336 g/mol. The van der Waals surface area contributed by atoms with Crippen molar-refractivity contribution in [3.8, 4) is 11.5 Å². The Balaban J connectivity index is 1.87. The van der Waals surface area contributed by atoms with Crippen LogP contribution in [-0.2, 0) is 4.74 Å². The zero-order valence-electron chi connectivity index (χ0n) is 15.1. The van der Waals surface area contributed by atoms with E-state index in [1.165, 1.54) is 0 Å². The minimum Gasteiger partial charge on any atom is -0.497 e. The molecule has 1 amide bonds. The van der Waals surface area contributed by atoms with Crippen molar-refractivity contribution in [3.05, 3.63) is 35.8 Å². The molecule has 8 nitrogen and oxygen atoms in total. The smallest absolute Gasteiger partial charge is 0.272 e. The summed E-state index contributed by atoms with van der Waals surface area (Å²) in [5.74, 6) is 2.22. The van der Waals surface area contributed by atoms with Crippen LogP contribution < -0.4 is 14.8 Å². The van der Waals surface area contributed by atoms with Gasteiger partial charge in [0.15, 0.2) is 0 Å². The SMILES string of the molecule is COc1ccc(OC)c(Nc2cc(C(=O)N3CCOCC3)nc(C)n2)c1. The van der Waals surface area contributed by atoms with Crippen molar-refractivity contribution in [1.82, 2.24) is 14.9 Å². The van der Waals surface area contributed by atoms with Crippen LogP contribution in [0.4, 0.5) is 11.5 Å². The lowest BCUT2D eigenvalue weighted by atomic mass is 10.2. The molecule has 0 bridgehead atoms. The largest absolute Gasteiger partial charge is 0.497 e. The van der Waals surface area contributed by atoms with Crippen molar-refractivity contribution in [2.45, 2.75) is 6.92 Å². The Morgan fingerprint density at radius 2 is 1.92 bits per heavy atom. The molecule has 1 aliphatic heterocycles. The average Bonchev–Trinajstić information content (AvgIpc) is 2.67. The number of benzene rings is 1. The number of rotatable bonds is 5. The monoisotopic (exact) mass is 358 g/mol. The molecule has 0 unspecified atom stereocenters. The maximum absolute atomic E-state index is 12.7. The second-order valence-corrected chi connectivity index (χ2v) is 5.78. The first-order valence-electron chi connectivity index (χ1n) is 8.32. The number of aryl methyl sites for hydroxylation is 1. The maximum Gasteiger partial charge on any atom is 0.272 e.